The fraction of sp³-hybridized carbons (Fsp3) is 1.00. The summed E-state index contributed by atoms with van der Waals surface area (Å²) >= 11 is 0. The first-order valence-corrected chi connectivity index (χ1v) is 13.8. The van der Waals surface area contributed by atoms with Crippen LogP contribution in [0.3, 0.4) is 0 Å². The van der Waals surface area contributed by atoms with Crippen LogP contribution in [0, 0.1) is 0 Å². The van der Waals surface area contributed by atoms with Crippen LogP contribution in [0.2, 0.25) is 0 Å². The van der Waals surface area contributed by atoms with Gasteiger partial charge in [-0.3, -0.25) is 0 Å². The lowest BCUT2D eigenvalue weighted by atomic mass is 10.2. The molecule has 0 bridgehead atoms. The van der Waals surface area contributed by atoms with Crippen LogP contribution in [-0.2, 0) is 42.6 Å². The first-order valence-electron chi connectivity index (χ1n) is 13.8. The van der Waals surface area contributed by atoms with Crippen LogP contribution in [0.25, 0.3) is 0 Å². The Balaban J connectivity index is 3.00. The van der Waals surface area contributed by atoms with Crippen LogP contribution in [0.4, 0.5) is 0 Å². The van der Waals surface area contributed by atoms with Crippen LogP contribution in [0.15, 0.2) is 0 Å². The maximum atomic E-state index is 5.55. The second-order valence-corrected chi connectivity index (χ2v) is 8.03. The molecule has 0 aliphatic rings. The Labute approximate surface area is 219 Å². The third-order valence-corrected chi connectivity index (χ3v) is 4.86. The van der Waals surface area contributed by atoms with Crippen molar-refractivity contribution in [1.29, 1.82) is 0 Å². The predicted octanol–water partition coefficient (Wildman–Crippen LogP) is 2.33. The maximum absolute atomic E-state index is 5.55. The van der Waals surface area contributed by atoms with Gasteiger partial charge in [-0.05, 0) is 13.5 Å². The number of hydrogen-bond acceptors (Lipinski definition) is 10. The summed E-state index contributed by atoms with van der Waals surface area (Å²) in [4.78, 5) is 0. The zero-order chi connectivity index (χ0) is 26.0. The summed E-state index contributed by atoms with van der Waals surface area (Å²) in [6, 6.07) is 0. The molecular formula is C26H55NO9. The molecule has 0 aromatic heterocycles. The Morgan fingerprint density at radius 3 is 0.917 bits per heavy atom. The van der Waals surface area contributed by atoms with Gasteiger partial charge in [-0.1, -0.05) is 32.6 Å². The zero-order valence-corrected chi connectivity index (χ0v) is 23.1. The molecule has 0 atom stereocenters. The largest absolute Gasteiger partial charge is 0.379 e. The zero-order valence-electron chi connectivity index (χ0n) is 23.1. The Morgan fingerprint density at radius 1 is 0.333 bits per heavy atom. The smallest absolute Gasteiger partial charge is 0.0701 e. The Morgan fingerprint density at radius 2 is 0.611 bits per heavy atom. The summed E-state index contributed by atoms with van der Waals surface area (Å²) in [6.07, 6.45) is 6.30. The van der Waals surface area contributed by atoms with E-state index in [2.05, 4.69) is 12.2 Å². The molecule has 218 valence electrons. The molecule has 1 N–H and O–H groups in total. The number of ether oxygens (including phenoxy) is 9. The van der Waals surface area contributed by atoms with Gasteiger partial charge >= 0.3 is 0 Å². The molecule has 0 spiro atoms. The highest BCUT2D eigenvalue weighted by Crippen LogP contribution is 2.02. The summed E-state index contributed by atoms with van der Waals surface area (Å²) in [6.45, 7) is 13.7. The molecule has 0 fully saturated rings. The monoisotopic (exact) mass is 525 g/mol. The predicted molar refractivity (Wildman–Crippen MR) is 140 cm³/mol. The molecule has 0 unspecified atom stereocenters. The molecule has 10 nitrogen and oxygen atoms in total. The van der Waals surface area contributed by atoms with Crippen molar-refractivity contribution in [2.24, 2.45) is 0 Å². The van der Waals surface area contributed by atoms with Gasteiger partial charge in [0.25, 0.3) is 0 Å². The van der Waals surface area contributed by atoms with Gasteiger partial charge in [-0.2, -0.15) is 0 Å². The summed E-state index contributed by atoms with van der Waals surface area (Å²) < 4.78 is 49.1. The first kappa shape index (κ1) is 35.6. The van der Waals surface area contributed by atoms with Crippen LogP contribution < -0.4 is 5.32 Å². The maximum Gasteiger partial charge on any atom is 0.0701 e. The summed E-state index contributed by atoms with van der Waals surface area (Å²) in [5.74, 6) is 0. The Bertz CT molecular complexity index is 347. The third-order valence-electron chi connectivity index (χ3n) is 4.86. The Hall–Kier alpha value is -0.400. The second kappa shape index (κ2) is 34.6. The lowest BCUT2D eigenvalue weighted by molar-refractivity contribution is -0.0249. The average molecular weight is 526 g/mol. The summed E-state index contributed by atoms with van der Waals surface area (Å²) in [5, 5.41) is 3.02. The standard InChI is InChI=1S/C26H55NO9/c1-3-4-5-6-7-9-28-11-13-30-15-17-32-19-21-34-23-25-36-26-24-35-22-20-33-18-16-31-14-12-29-10-8-27-2/h27H,3-26H2,1-2H3. The number of nitrogens with one attached hydrogen (secondary N) is 1. The minimum atomic E-state index is 0.538. The molecule has 0 heterocycles. The minimum absolute atomic E-state index is 0.538. The molecule has 36 heavy (non-hydrogen) atoms. The van der Waals surface area contributed by atoms with E-state index in [1.54, 1.807) is 0 Å². The topological polar surface area (TPSA) is 95.1 Å². The van der Waals surface area contributed by atoms with Crippen LogP contribution >= 0.6 is 0 Å². The molecule has 10 heteroatoms. The summed E-state index contributed by atoms with van der Waals surface area (Å²) in [7, 11) is 1.90. The van der Waals surface area contributed by atoms with Crippen molar-refractivity contribution in [2.75, 3.05) is 133 Å². The van der Waals surface area contributed by atoms with Crippen molar-refractivity contribution in [2.45, 2.75) is 39.0 Å². The van der Waals surface area contributed by atoms with Crippen molar-refractivity contribution in [3.63, 3.8) is 0 Å². The van der Waals surface area contributed by atoms with Gasteiger partial charge in [-0.25, -0.2) is 0 Å². The molecule has 0 saturated carbocycles. The van der Waals surface area contributed by atoms with Gasteiger partial charge < -0.3 is 47.9 Å². The summed E-state index contributed by atoms with van der Waals surface area (Å²) in [5.41, 5.74) is 0. The van der Waals surface area contributed by atoms with E-state index in [0.717, 1.165) is 19.6 Å². The Kier molecular flexibility index (Phi) is 34.2. The van der Waals surface area contributed by atoms with Crippen molar-refractivity contribution in [3.8, 4) is 0 Å². The van der Waals surface area contributed by atoms with E-state index in [4.69, 9.17) is 42.6 Å². The van der Waals surface area contributed by atoms with Crippen molar-refractivity contribution >= 4 is 0 Å². The van der Waals surface area contributed by atoms with Crippen LogP contribution in [0.5, 0.6) is 0 Å². The minimum Gasteiger partial charge on any atom is -0.379 e. The fourth-order valence-electron chi connectivity index (χ4n) is 2.84. The molecule has 0 radical (unpaired) electrons. The van der Waals surface area contributed by atoms with Crippen molar-refractivity contribution < 1.29 is 42.6 Å². The highest BCUT2D eigenvalue weighted by atomic mass is 16.6. The molecule has 0 aliphatic heterocycles. The first-order chi connectivity index (χ1) is 17.9. The van der Waals surface area contributed by atoms with Gasteiger partial charge in [0.05, 0.1) is 112 Å². The molecule has 0 aliphatic carbocycles. The van der Waals surface area contributed by atoms with Crippen molar-refractivity contribution in [3.05, 3.63) is 0 Å². The molecule has 0 rings (SSSR count). The highest BCUT2D eigenvalue weighted by molar-refractivity contribution is 4.42. The van der Waals surface area contributed by atoms with Gasteiger partial charge in [0.2, 0.25) is 0 Å². The average Bonchev–Trinajstić information content (AvgIpc) is 2.89. The molecule has 0 aromatic carbocycles. The molecule has 0 amide bonds. The van der Waals surface area contributed by atoms with Gasteiger partial charge in [0.15, 0.2) is 0 Å². The quantitative estimate of drug-likeness (QED) is 0.129. The second-order valence-electron chi connectivity index (χ2n) is 8.03. The van der Waals surface area contributed by atoms with E-state index in [-0.39, 0.29) is 0 Å². The number of likely N-dealkylation sites (N-methyl/N-ethyl adjacent to an activating group) is 1. The normalized spacial score (nSPS) is 11.5. The fourth-order valence-corrected chi connectivity index (χ4v) is 2.84. The highest BCUT2D eigenvalue weighted by Gasteiger charge is 1.96. The van der Waals surface area contributed by atoms with E-state index in [0.29, 0.717) is 112 Å². The van der Waals surface area contributed by atoms with E-state index in [9.17, 15) is 0 Å². The number of unbranched alkanes of at least 4 members (excludes halogenated alkanes) is 4. The van der Waals surface area contributed by atoms with Gasteiger partial charge in [-0.15, -0.1) is 0 Å². The SMILES string of the molecule is CCCCCCCOCCOCCOCCOCCOCCOCCOCCOCCOCCNC. The van der Waals surface area contributed by atoms with Crippen LogP contribution in [0.1, 0.15) is 39.0 Å². The number of rotatable bonds is 33. The molecular weight excluding hydrogens is 470 g/mol. The molecule has 0 saturated heterocycles. The lowest BCUT2D eigenvalue weighted by Gasteiger charge is -2.09. The third kappa shape index (κ3) is 33.6. The number of hydrogen-bond donors (Lipinski definition) is 1. The molecule has 0 aromatic rings. The van der Waals surface area contributed by atoms with Gasteiger partial charge in [0, 0.05) is 13.2 Å². The van der Waals surface area contributed by atoms with E-state index in [1.807, 2.05) is 7.05 Å². The van der Waals surface area contributed by atoms with Crippen molar-refractivity contribution in [1.82, 2.24) is 5.32 Å². The van der Waals surface area contributed by atoms with E-state index < -0.39 is 0 Å². The lowest BCUT2D eigenvalue weighted by Crippen LogP contribution is -2.17. The van der Waals surface area contributed by atoms with E-state index >= 15 is 0 Å². The van der Waals surface area contributed by atoms with Crippen LogP contribution in [-0.4, -0.2) is 133 Å². The van der Waals surface area contributed by atoms with E-state index in [1.165, 1.54) is 25.7 Å². The van der Waals surface area contributed by atoms with Gasteiger partial charge in [0.1, 0.15) is 0 Å².